The van der Waals surface area contributed by atoms with E-state index in [0.29, 0.717) is 19.1 Å². The third-order valence-electron chi connectivity index (χ3n) is 3.01. The van der Waals surface area contributed by atoms with Crippen LogP contribution in [0.1, 0.15) is 43.4 Å². The van der Waals surface area contributed by atoms with Gasteiger partial charge in [0, 0.05) is 23.7 Å². The Kier molecular flexibility index (Phi) is 3.21. The molecule has 0 saturated heterocycles. The number of nitrogens with zero attached hydrogens (tertiary/aromatic N) is 1. The number of rotatable bonds is 4. The molecule has 1 aliphatic carbocycles. The number of hydrogen-bond donors (Lipinski definition) is 1. The molecule has 2 N–H and O–H groups in total. The van der Waals surface area contributed by atoms with Crippen LogP contribution in [0.25, 0.3) is 0 Å². The van der Waals surface area contributed by atoms with Gasteiger partial charge in [-0.25, -0.2) is 0 Å². The molecular weight excluding hydrogens is 188 g/mol. The molecule has 15 heavy (non-hydrogen) atoms. The van der Waals surface area contributed by atoms with E-state index in [1.54, 1.807) is 0 Å². The Labute approximate surface area is 90.7 Å². The highest BCUT2D eigenvalue weighted by atomic mass is 16.5. The molecule has 1 aromatic heterocycles. The SMILES string of the molecule is CCOc1cnc(C2CCC2)cc1CN. The Balaban J connectivity index is 2.21. The lowest BCUT2D eigenvalue weighted by atomic mass is 9.82. The van der Waals surface area contributed by atoms with E-state index < -0.39 is 0 Å². The number of nitrogens with two attached hydrogens (primary N) is 1. The van der Waals surface area contributed by atoms with Crippen molar-refractivity contribution in [2.45, 2.75) is 38.6 Å². The molecule has 0 radical (unpaired) electrons. The maximum absolute atomic E-state index is 5.70. The highest BCUT2D eigenvalue weighted by molar-refractivity contribution is 5.33. The van der Waals surface area contributed by atoms with Crippen molar-refractivity contribution in [2.75, 3.05) is 6.61 Å². The zero-order chi connectivity index (χ0) is 10.7. The molecule has 1 fully saturated rings. The number of pyridine rings is 1. The minimum atomic E-state index is 0.525. The zero-order valence-corrected chi connectivity index (χ0v) is 9.20. The molecule has 0 aromatic carbocycles. The first-order valence-corrected chi connectivity index (χ1v) is 5.66. The standard InChI is InChI=1S/C12H18N2O/c1-2-15-12-8-14-11(6-10(12)7-13)9-4-3-5-9/h6,8-9H,2-5,7,13H2,1H3. The summed E-state index contributed by atoms with van der Waals surface area (Å²) in [4.78, 5) is 4.45. The van der Waals surface area contributed by atoms with Gasteiger partial charge in [-0.2, -0.15) is 0 Å². The van der Waals surface area contributed by atoms with E-state index in [2.05, 4.69) is 11.1 Å². The normalized spacial score (nSPS) is 16.1. The lowest BCUT2D eigenvalue weighted by molar-refractivity contribution is 0.333. The van der Waals surface area contributed by atoms with Gasteiger partial charge in [0.05, 0.1) is 12.8 Å². The highest BCUT2D eigenvalue weighted by Gasteiger charge is 2.21. The Morgan fingerprint density at radius 3 is 2.87 bits per heavy atom. The van der Waals surface area contributed by atoms with Crippen LogP contribution in [0.15, 0.2) is 12.3 Å². The molecule has 1 aliphatic rings. The van der Waals surface area contributed by atoms with Gasteiger partial charge in [-0.15, -0.1) is 0 Å². The third-order valence-corrected chi connectivity index (χ3v) is 3.01. The minimum absolute atomic E-state index is 0.525. The van der Waals surface area contributed by atoms with Gasteiger partial charge in [0.1, 0.15) is 5.75 Å². The number of ether oxygens (including phenoxy) is 1. The van der Waals surface area contributed by atoms with Crippen molar-refractivity contribution in [3.05, 3.63) is 23.5 Å². The van der Waals surface area contributed by atoms with Crippen molar-refractivity contribution < 1.29 is 4.74 Å². The molecule has 82 valence electrons. The van der Waals surface area contributed by atoms with Gasteiger partial charge in [0.15, 0.2) is 0 Å². The van der Waals surface area contributed by atoms with Gasteiger partial charge < -0.3 is 10.5 Å². The molecule has 3 heteroatoms. The first-order valence-electron chi connectivity index (χ1n) is 5.66. The minimum Gasteiger partial charge on any atom is -0.492 e. The summed E-state index contributed by atoms with van der Waals surface area (Å²) in [6.45, 7) is 3.16. The van der Waals surface area contributed by atoms with Gasteiger partial charge >= 0.3 is 0 Å². The molecule has 2 rings (SSSR count). The first-order chi connectivity index (χ1) is 7.35. The fourth-order valence-corrected chi connectivity index (χ4v) is 1.88. The summed E-state index contributed by atoms with van der Waals surface area (Å²) in [6.07, 6.45) is 5.69. The Morgan fingerprint density at radius 1 is 1.53 bits per heavy atom. The predicted molar refractivity (Wildman–Crippen MR) is 59.9 cm³/mol. The highest BCUT2D eigenvalue weighted by Crippen LogP contribution is 2.36. The van der Waals surface area contributed by atoms with Crippen LogP contribution in [-0.4, -0.2) is 11.6 Å². The van der Waals surface area contributed by atoms with Gasteiger partial charge in [-0.05, 0) is 25.8 Å². The topological polar surface area (TPSA) is 48.1 Å². The fraction of sp³-hybridized carbons (Fsp3) is 0.583. The van der Waals surface area contributed by atoms with Gasteiger partial charge in [-0.1, -0.05) is 6.42 Å². The summed E-state index contributed by atoms with van der Waals surface area (Å²) < 4.78 is 5.47. The van der Waals surface area contributed by atoms with Crippen molar-refractivity contribution in [1.82, 2.24) is 4.98 Å². The van der Waals surface area contributed by atoms with E-state index in [1.807, 2.05) is 13.1 Å². The second-order valence-corrected chi connectivity index (χ2v) is 3.98. The van der Waals surface area contributed by atoms with E-state index in [-0.39, 0.29) is 0 Å². The summed E-state index contributed by atoms with van der Waals surface area (Å²) in [5.74, 6) is 1.49. The second kappa shape index (κ2) is 4.62. The van der Waals surface area contributed by atoms with Crippen LogP contribution >= 0.6 is 0 Å². The fourth-order valence-electron chi connectivity index (χ4n) is 1.88. The largest absolute Gasteiger partial charge is 0.492 e. The van der Waals surface area contributed by atoms with Gasteiger partial charge in [0.25, 0.3) is 0 Å². The quantitative estimate of drug-likeness (QED) is 0.821. The smallest absolute Gasteiger partial charge is 0.142 e. The van der Waals surface area contributed by atoms with Crippen molar-refractivity contribution >= 4 is 0 Å². The Hall–Kier alpha value is -1.09. The van der Waals surface area contributed by atoms with Crippen LogP contribution < -0.4 is 10.5 Å². The van der Waals surface area contributed by atoms with E-state index >= 15 is 0 Å². The Morgan fingerprint density at radius 2 is 2.33 bits per heavy atom. The molecule has 0 atom stereocenters. The number of aromatic nitrogens is 1. The van der Waals surface area contributed by atoms with Crippen LogP contribution in [0.3, 0.4) is 0 Å². The van der Waals surface area contributed by atoms with E-state index in [4.69, 9.17) is 10.5 Å². The molecular formula is C12H18N2O. The van der Waals surface area contributed by atoms with Crippen molar-refractivity contribution in [3.8, 4) is 5.75 Å². The second-order valence-electron chi connectivity index (χ2n) is 3.98. The average molecular weight is 206 g/mol. The third kappa shape index (κ3) is 2.12. The molecule has 3 nitrogen and oxygen atoms in total. The summed E-state index contributed by atoms with van der Waals surface area (Å²) >= 11 is 0. The van der Waals surface area contributed by atoms with E-state index in [9.17, 15) is 0 Å². The average Bonchev–Trinajstić information content (AvgIpc) is 2.18. The van der Waals surface area contributed by atoms with Gasteiger partial charge in [0.2, 0.25) is 0 Å². The predicted octanol–water partition coefficient (Wildman–Crippen LogP) is 2.21. The van der Waals surface area contributed by atoms with E-state index in [1.165, 1.54) is 25.0 Å². The monoisotopic (exact) mass is 206 g/mol. The number of hydrogen-bond acceptors (Lipinski definition) is 3. The van der Waals surface area contributed by atoms with Crippen LogP contribution in [0.4, 0.5) is 0 Å². The molecule has 1 saturated carbocycles. The van der Waals surface area contributed by atoms with Gasteiger partial charge in [-0.3, -0.25) is 4.98 Å². The summed E-state index contributed by atoms with van der Waals surface area (Å²) in [7, 11) is 0. The van der Waals surface area contributed by atoms with Crippen LogP contribution in [0.5, 0.6) is 5.75 Å². The molecule has 0 spiro atoms. The van der Waals surface area contributed by atoms with Crippen LogP contribution in [0, 0.1) is 0 Å². The summed E-state index contributed by atoms with van der Waals surface area (Å²) in [6, 6.07) is 2.11. The molecule has 0 unspecified atom stereocenters. The molecule has 0 amide bonds. The van der Waals surface area contributed by atoms with Crippen LogP contribution in [0.2, 0.25) is 0 Å². The molecule has 1 heterocycles. The summed E-state index contributed by atoms with van der Waals surface area (Å²) in [5, 5.41) is 0. The lowest BCUT2D eigenvalue weighted by Crippen LogP contribution is -2.12. The summed E-state index contributed by atoms with van der Waals surface area (Å²) in [5.41, 5.74) is 7.96. The first kappa shape index (κ1) is 10.4. The van der Waals surface area contributed by atoms with Crippen molar-refractivity contribution in [2.24, 2.45) is 5.73 Å². The van der Waals surface area contributed by atoms with Crippen LogP contribution in [-0.2, 0) is 6.54 Å². The van der Waals surface area contributed by atoms with E-state index in [0.717, 1.165) is 11.3 Å². The maximum Gasteiger partial charge on any atom is 0.142 e. The molecule has 1 aromatic rings. The zero-order valence-electron chi connectivity index (χ0n) is 9.20. The molecule has 0 bridgehead atoms. The van der Waals surface area contributed by atoms with Crippen molar-refractivity contribution in [3.63, 3.8) is 0 Å². The van der Waals surface area contributed by atoms with Crippen molar-refractivity contribution in [1.29, 1.82) is 0 Å². The Bertz CT molecular complexity index is 334. The lowest BCUT2D eigenvalue weighted by Gasteiger charge is -2.25. The maximum atomic E-state index is 5.70. The molecule has 0 aliphatic heterocycles.